The lowest BCUT2D eigenvalue weighted by atomic mass is 9.95. The topological polar surface area (TPSA) is 110 Å². The fourth-order valence-electron chi connectivity index (χ4n) is 2.20. The molecule has 0 amide bonds. The van der Waals surface area contributed by atoms with Gasteiger partial charge in [0.2, 0.25) is 11.8 Å². The number of hydrazone groups is 1. The van der Waals surface area contributed by atoms with Gasteiger partial charge in [-0.3, -0.25) is 0 Å². The van der Waals surface area contributed by atoms with Crippen LogP contribution in [0.2, 0.25) is 0 Å². The van der Waals surface area contributed by atoms with Gasteiger partial charge in [0.25, 0.3) is 0 Å². The predicted molar refractivity (Wildman–Crippen MR) is 61.2 cm³/mol. The first-order valence-corrected chi connectivity index (χ1v) is 5.48. The monoisotopic (exact) mass is 255 g/mol. The smallest absolute Gasteiger partial charge is 0.375 e. The van der Waals surface area contributed by atoms with Crippen molar-refractivity contribution in [1.29, 1.82) is 0 Å². The highest BCUT2D eigenvalue weighted by Crippen LogP contribution is 2.38. The van der Waals surface area contributed by atoms with Gasteiger partial charge in [-0.2, -0.15) is 4.57 Å². The Bertz CT molecular complexity index is 491. The summed E-state index contributed by atoms with van der Waals surface area (Å²) in [4.78, 5) is 10.4. The van der Waals surface area contributed by atoms with Crippen molar-refractivity contribution in [3.8, 4) is 11.8 Å². The number of nitrogens with zero attached hydrogens (tertiary/aromatic N) is 3. The molecule has 0 saturated carbocycles. The number of aromatic hydroxyl groups is 2. The highest BCUT2D eigenvalue weighted by Gasteiger charge is 2.28. The number of hydrogen-bond donors (Lipinski definition) is 2. The van der Waals surface area contributed by atoms with E-state index in [9.17, 15) is 20.3 Å². The Kier molecular flexibility index (Phi) is 3.09. The van der Waals surface area contributed by atoms with E-state index in [1.54, 1.807) is 0 Å². The lowest BCUT2D eigenvalue weighted by molar-refractivity contribution is -0.486. The molecule has 1 aromatic rings. The molecule has 8 heteroatoms. The molecule has 1 aliphatic rings. The van der Waals surface area contributed by atoms with Gasteiger partial charge in [-0.25, -0.2) is 10.1 Å². The maximum atomic E-state index is 10.4. The summed E-state index contributed by atoms with van der Waals surface area (Å²) in [5.74, 6) is -0.491. The largest absolute Gasteiger partial charge is 0.494 e. The lowest BCUT2D eigenvalue weighted by Gasteiger charge is -2.09. The number of hydrogen-bond acceptors (Lipinski definition) is 5. The van der Waals surface area contributed by atoms with Crippen molar-refractivity contribution >= 4 is 6.02 Å². The van der Waals surface area contributed by atoms with E-state index in [-0.39, 0.29) is 11.8 Å². The maximum Gasteiger partial charge on any atom is 0.375 e. The minimum atomic E-state index is -0.948. The number of aromatic nitrogens is 1. The van der Waals surface area contributed by atoms with Crippen LogP contribution in [0.25, 0.3) is 0 Å². The summed E-state index contributed by atoms with van der Waals surface area (Å²) in [6.45, 7) is 0. The van der Waals surface area contributed by atoms with E-state index >= 15 is 0 Å². The minimum absolute atomic E-state index is 0.246. The molecule has 0 bridgehead atoms. The van der Waals surface area contributed by atoms with Crippen molar-refractivity contribution in [1.82, 2.24) is 4.57 Å². The molecule has 98 valence electrons. The molecule has 18 heavy (non-hydrogen) atoms. The summed E-state index contributed by atoms with van der Waals surface area (Å²) in [6, 6.07) is -0.468. The Morgan fingerprint density at radius 1 is 1.33 bits per heavy atom. The molecule has 1 aliphatic carbocycles. The van der Waals surface area contributed by atoms with Crippen molar-refractivity contribution in [2.45, 2.75) is 25.7 Å². The molecule has 0 fully saturated rings. The molecule has 0 saturated heterocycles. The van der Waals surface area contributed by atoms with Gasteiger partial charge in [-0.05, 0) is 25.7 Å². The van der Waals surface area contributed by atoms with E-state index < -0.39 is 11.1 Å². The highest BCUT2D eigenvalue weighted by atomic mass is 16.7. The number of methoxy groups -OCH3 is 1. The van der Waals surface area contributed by atoms with Gasteiger partial charge in [0.15, 0.2) is 5.03 Å². The first kappa shape index (κ1) is 12.2. The van der Waals surface area contributed by atoms with Crippen LogP contribution in [0.4, 0.5) is 0 Å². The molecule has 1 aromatic heterocycles. The minimum Gasteiger partial charge on any atom is -0.494 e. The lowest BCUT2D eigenvalue weighted by Crippen LogP contribution is -2.15. The van der Waals surface area contributed by atoms with E-state index in [1.807, 2.05) is 0 Å². The SMILES string of the molecule is COC(=N[N+](=O)[O-])n1c(O)c2c(c1O)CCCC2. The first-order valence-electron chi connectivity index (χ1n) is 5.48. The normalized spacial score (nSPS) is 15.3. The van der Waals surface area contributed by atoms with Gasteiger partial charge in [0, 0.05) is 11.1 Å². The van der Waals surface area contributed by atoms with Gasteiger partial charge in [-0.15, -0.1) is 0 Å². The van der Waals surface area contributed by atoms with Gasteiger partial charge >= 0.3 is 6.02 Å². The van der Waals surface area contributed by atoms with Crippen LogP contribution >= 0.6 is 0 Å². The molecule has 0 aromatic carbocycles. The number of rotatable bonds is 1. The van der Waals surface area contributed by atoms with Crippen molar-refractivity contribution in [3.05, 3.63) is 21.2 Å². The molecular weight excluding hydrogens is 242 g/mol. The quantitative estimate of drug-likeness (QED) is 0.334. The zero-order valence-electron chi connectivity index (χ0n) is 9.79. The van der Waals surface area contributed by atoms with E-state index in [0.717, 1.165) is 17.4 Å². The van der Waals surface area contributed by atoms with Crippen molar-refractivity contribution < 1.29 is 20.0 Å². The summed E-state index contributed by atoms with van der Waals surface area (Å²) in [5, 5.41) is 32.4. The van der Waals surface area contributed by atoms with Crippen molar-refractivity contribution in [2.24, 2.45) is 5.10 Å². The average molecular weight is 255 g/mol. The Hall–Kier alpha value is -2.25. The van der Waals surface area contributed by atoms with Crippen LogP contribution in [0.3, 0.4) is 0 Å². The second-order valence-corrected chi connectivity index (χ2v) is 3.97. The van der Waals surface area contributed by atoms with Gasteiger partial charge in [0.05, 0.1) is 7.11 Å². The molecule has 2 N–H and O–H groups in total. The molecule has 8 nitrogen and oxygen atoms in total. The van der Waals surface area contributed by atoms with E-state index in [1.165, 1.54) is 7.11 Å². The van der Waals surface area contributed by atoms with Crippen LogP contribution in [-0.4, -0.2) is 32.9 Å². The van der Waals surface area contributed by atoms with Crippen LogP contribution in [0, 0.1) is 10.1 Å². The number of ether oxygens (including phenoxy) is 1. The third-order valence-electron chi connectivity index (χ3n) is 2.97. The van der Waals surface area contributed by atoms with Crippen molar-refractivity contribution in [2.75, 3.05) is 7.11 Å². The Balaban J connectivity index is 2.57. The number of nitro groups is 1. The van der Waals surface area contributed by atoms with Crippen LogP contribution in [0.1, 0.15) is 24.0 Å². The zero-order valence-corrected chi connectivity index (χ0v) is 9.79. The molecule has 0 spiro atoms. The third-order valence-corrected chi connectivity index (χ3v) is 2.97. The van der Waals surface area contributed by atoms with Gasteiger partial charge in [-0.1, -0.05) is 0 Å². The van der Waals surface area contributed by atoms with Crippen LogP contribution < -0.4 is 0 Å². The van der Waals surface area contributed by atoms with Crippen molar-refractivity contribution in [3.63, 3.8) is 0 Å². The van der Waals surface area contributed by atoms with E-state index in [0.29, 0.717) is 24.0 Å². The second-order valence-electron chi connectivity index (χ2n) is 3.97. The molecular formula is C10H13N3O5. The van der Waals surface area contributed by atoms with Gasteiger partial charge in [0.1, 0.15) is 5.10 Å². The summed E-state index contributed by atoms with van der Waals surface area (Å²) in [7, 11) is 1.18. The Labute approximate surface area is 102 Å². The van der Waals surface area contributed by atoms with E-state index in [4.69, 9.17) is 4.74 Å². The predicted octanol–water partition coefficient (Wildman–Crippen LogP) is 0.820. The first-order chi connectivity index (χ1) is 8.56. The molecule has 0 atom stereocenters. The summed E-state index contributed by atoms with van der Waals surface area (Å²) >= 11 is 0. The maximum absolute atomic E-state index is 10.4. The molecule has 0 aliphatic heterocycles. The standard InChI is InChI=1S/C10H13N3O5/c1-18-10(11-13(16)17)12-8(14)6-4-2-3-5-7(6)9(12)15/h14-15H,2-5H2,1H3. The fourth-order valence-corrected chi connectivity index (χ4v) is 2.20. The average Bonchev–Trinajstić information content (AvgIpc) is 2.60. The van der Waals surface area contributed by atoms with Crippen LogP contribution in [0.5, 0.6) is 11.8 Å². The summed E-state index contributed by atoms with van der Waals surface area (Å²) < 4.78 is 5.60. The summed E-state index contributed by atoms with van der Waals surface area (Å²) in [6.07, 6.45) is 3.05. The third kappa shape index (κ3) is 1.85. The highest BCUT2D eigenvalue weighted by molar-refractivity contribution is 5.81. The second kappa shape index (κ2) is 4.55. The van der Waals surface area contributed by atoms with E-state index in [2.05, 4.69) is 5.10 Å². The Morgan fingerprint density at radius 2 is 1.83 bits per heavy atom. The van der Waals surface area contributed by atoms with Crippen LogP contribution in [-0.2, 0) is 17.6 Å². The summed E-state index contributed by atoms with van der Waals surface area (Å²) in [5.41, 5.74) is 1.21. The molecule has 1 heterocycles. The van der Waals surface area contributed by atoms with Crippen LogP contribution in [0.15, 0.2) is 5.10 Å². The Morgan fingerprint density at radius 3 is 2.22 bits per heavy atom. The molecule has 0 radical (unpaired) electrons. The zero-order chi connectivity index (χ0) is 13.3. The molecule has 2 rings (SSSR count). The number of fused-ring (bicyclic) bond motifs is 1. The molecule has 0 unspecified atom stereocenters. The fraction of sp³-hybridized carbons (Fsp3) is 0.500. The van der Waals surface area contributed by atoms with Gasteiger partial charge < -0.3 is 14.9 Å².